The highest BCUT2D eigenvalue weighted by atomic mass is 31.2. The number of hydrogen-bond acceptors (Lipinski definition) is 6. The first-order valence-electron chi connectivity index (χ1n) is 10.7. The van der Waals surface area contributed by atoms with Crippen LogP contribution in [0, 0.1) is 0 Å². The first-order valence-corrected chi connectivity index (χ1v) is 14.3. The zero-order valence-corrected chi connectivity index (χ0v) is 21.8. The molecule has 2 aliphatic heterocycles. The molecule has 174 valence electrons. The predicted octanol–water partition coefficient (Wildman–Crippen LogP) is 5.41. The minimum absolute atomic E-state index is 0.500. The highest BCUT2D eigenvalue weighted by Crippen LogP contribution is 2.76. The highest BCUT2D eigenvalue weighted by molar-refractivity contribution is 7.78. The van der Waals surface area contributed by atoms with Crippen LogP contribution in [0.1, 0.15) is 41.5 Å². The van der Waals surface area contributed by atoms with Gasteiger partial charge in [0.1, 0.15) is 23.0 Å². The molecule has 6 nitrogen and oxygen atoms in total. The van der Waals surface area contributed by atoms with Crippen molar-refractivity contribution in [1.82, 2.24) is 0 Å². The summed E-state index contributed by atoms with van der Waals surface area (Å²) in [5, 5.41) is -0.232. The summed E-state index contributed by atoms with van der Waals surface area (Å²) in [7, 11) is -3.57. The van der Waals surface area contributed by atoms with E-state index in [1.807, 2.05) is 53.7 Å². The maximum Gasteiger partial charge on any atom is 0.199 e. The van der Waals surface area contributed by atoms with Crippen molar-refractivity contribution in [2.24, 2.45) is 0 Å². The maximum atomic E-state index is 15.0. The van der Waals surface area contributed by atoms with Gasteiger partial charge in [-0.1, -0.05) is 53.7 Å². The Labute approximate surface area is 190 Å². The van der Waals surface area contributed by atoms with Gasteiger partial charge in [-0.25, -0.2) is 0 Å². The van der Waals surface area contributed by atoms with Gasteiger partial charge in [0.25, 0.3) is 0 Å². The minimum atomic E-state index is -3.34. The van der Waals surface area contributed by atoms with Crippen molar-refractivity contribution >= 4 is 24.9 Å². The molecule has 0 amide bonds. The van der Waals surface area contributed by atoms with Crippen LogP contribution in [-0.4, -0.2) is 36.2 Å². The Hall–Kier alpha value is -1.90. The topological polar surface area (TPSA) is 71.1 Å². The molecule has 2 aliphatic rings. The fraction of sp³-hybridized carbons (Fsp3) is 0.500. The molecule has 0 unspecified atom stereocenters. The average Bonchev–Trinajstić information content (AvgIpc) is 3.20. The van der Waals surface area contributed by atoms with Crippen LogP contribution in [0.3, 0.4) is 0 Å². The maximum absolute atomic E-state index is 15.0. The van der Waals surface area contributed by atoms with E-state index in [0.717, 1.165) is 0 Å². The largest absolute Gasteiger partial charge is 0.496 e. The summed E-state index contributed by atoms with van der Waals surface area (Å²) in [5.74, 6) is 0.190. The number of methoxy groups -OCH3 is 2. The monoisotopic (exact) mass is 478 g/mol. The third kappa shape index (κ3) is 2.92. The smallest absolute Gasteiger partial charge is 0.199 e. The molecular weight excluding hydrogens is 446 g/mol. The normalized spacial score (nSPS) is 29.0. The van der Waals surface area contributed by atoms with E-state index in [4.69, 9.17) is 18.9 Å². The number of rotatable bonds is 3. The quantitative estimate of drug-likeness (QED) is 0.549. The second-order valence-corrected chi connectivity index (χ2v) is 17.5. The van der Waals surface area contributed by atoms with Crippen molar-refractivity contribution in [2.75, 3.05) is 14.2 Å². The van der Waals surface area contributed by atoms with E-state index in [0.29, 0.717) is 33.6 Å². The van der Waals surface area contributed by atoms with Gasteiger partial charge in [0, 0.05) is 10.3 Å². The SMILES string of the molecule is COc1cccc2c1[P@](=O)(C(C)(C)C)[C@@H]([C@H]1Oc3cccc(OC)c3[P@]1(=O)C(C)(C)C)O2. The van der Waals surface area contributed by atoms with E-state index in [9.17, 15) is 0 Å². The number of fused-ring (bicyclic) bond motifs is 2. The standard InChI is InChI=1S/C24H32O6P2/c1-23(2,3)31(25)19-15(27-7)11-9-13-17(19)29-21(31)22-30-18-14-10-12-16(28-8)20(18)32(22,26)24(4,5)6/h9-14,21-22H,1-8H3/t21-,22-,31+,32+/m0/s1. The zero-order valence-electron chi connectivity index (χ0n) is 20.0. The second kappa shape index (κ2) is 7.30. The molecule has 0 aromatic heterocycles. The van der Waals surface area contributed by atoms with Crippen LogP contribution < -0.4 is 29.6 Å². The number of ether oxygens (including phenoxy) is 4. The molecular formula is C24H32O6P2. The molecule has 4 rings (SSSR count). The van der Waals surface area contributed by atoms with Crippen molar-refractivity contribution in [1.29, 1.82) is 0 Å². The van der Waals surface area contributed by atoms with Crippen LogP contribution in [-0.2, 0) is 9.13 Å². The van der Waals surface area contributed by atoms with Gasteiger partial charge in [-0.05, 0) is 24.3 Å². The van der Waals surface area contributed by atoms with Crippen molar-refractivity contribution < 1.29 is 28.1 Å². The molecule has 2 aromatic carbocycles. The van der Waals surface area contributed by atoms with E-state index in [1.165, 1.54) is 0 Å². The van der Waals surface area contributed by atoms with Crippen LogP contribution in [0.2, 0.25) is 0 Å². The average molecular weight is 478 g/mol. The third-order valence-electron chi connectivity index (χ3n) is 6.48. The highest BCUT2D eigenvalue weighted by Gasteiger charge is 2.66. The fourth-order valence-corrected chi connectivity index (χ4v) is 12.5. The summed E-state index contributed by atoms with van der Waals surface area (Å²) in [6, 6.07) is 10.8. The summed E-state index contributed by atoms with van der Waals surface area (Å²) < 4.78 is 54.0. The molecule has 0 saturated carbocycles. The summed E-state index contributed by atoms with van der Waals surface area (Å²) >= 11 is 0. The molecule has 0 spiro atoms. The molecule has 0 saturated heterocycles. The molecule has 0 fully saturated rings. The van der Waals surface area contributed by atoms with E-state index >= 15 is 9.13 Å². The third-order valence-corrected chi connectivity index (χ3v) is 15.1. The van der Waals surface area contributed by atoms with Crippen molar-refractivity contribution in [3.05, 3.63) is 36.4 Å². The zero-order chi connectivity index (χ0) is 23.7. The second-order valence-electron chi connectivity index (χ2n) is 10.3. The van der Waals surface area contributed by atoms with E-state index in [2.05, 4.69) is 0 Å². The lowest BCUT2D eigenvalue weighted by Crippen LogP contribution is -2.41. The van der Waals surface area contributed by atoms with Gasteiger partial charge in [-0.2, -0.15) is 0 Å². The van der Waals surface area contributed by atoms with Crippen molar-refractivity contribution in [3.8, 4) is 23.0 Å². The Morgan fingerprint density at radius 1 is 0.688 bits per heavy atom. The number of benzene rings is 2. The van der Waals surface area contributed by atoms with Crippen LogP contribution in [0.5, 0.6) is 23.0 Å². The Bertz CT molecular complexity index is 1070. The van der Waals surface area contributed by atoms with Gasteiger partial charge in [0.15, 0.2) is 26.0 Å². The molecule has 0 aliphatic carbocycles. The Balaban J connectivity index is 1.99. The first kappa shape index (κ1) is 23.3. The minimum Gasteiger partial charge on any atom is -0.496 e. The molecule has 8 heteroatoms. The summed E-state index contributed by atoms with van der Waals surface area (Å²) in [4.78, 5) is 0. The van der Waals surface area contributed by atoms with Gasteiger partial charge < -0.3 is 28.1 Å². The fourth-order valence-electron chi connectivity index (χ4n) is 4.75. The lowest BCUT2D eigenvalue weighted by Gasteiger charge is -2.39. The van der Waals surface area contributed by atoms with Crippen LogP contribution >= 0.6 is 14.3 Å². The number of hydrogen-bond donors (Lipinski definition) is 0. The molecule has 0 radical (unpaired) electrons. The Morgan fingerprint density at radius 2 is 1.03 bits per heavy atom. The predicted molar refractivity (Wildman–Crippen MR) is 129 cm³/mol. The lowest BCUT2D eigenvalue weighted by atomic mass is 10.2. The van der Waals surface area contributed by atoms with Gasteiger partial charge in [-0.3, -0.25) is 0 Å². The summed E-state index contributed by atoms with van der Waals surface area (Å²) in [6.07, 6.45) is 0. The van der Waals surface area contributed by atoms with E-state index < -0.39 is 36.3 Å². The van der Waals surface area contributed by atoms with Gasteiger partial charge in [-0.15, -0.1) is 0 Å². The van der Waals surface area contributed by atoms with E-state index in [-0.39, 0.29) is 0 Å². The van der Waals surface area contributed by atoms with Crippen molar-refractivity contribution in [3.63, 3.8) is 0 Å². The van der Waals surface area contributed by atoms with Gasteiger partial charge in [0.2, 0.25) is 0 Å². The first-order chi connectivity index (χ1) is 14.8. The summed E-state index contributed by atoms with van der Waals surface area (Å²) in [6.45, 7) is 11.6. The Morgan fingerprint density at radius 3 is 1.31 bits per heavy atom. The molecule has 2 aromatic rings. The van der Waals surface area contributed by atoms with Crippen molar-refractivity contribution in [2.45, 2.75) is 63.5 Å². The summed E-state index contributed by atoms with van der Waals surface area (Å²) in [5.41, 5.74) is 0. The lowest BCUT2D eigenvalue weighted by molar-refractivity contribution is 0.162. The molecule has 0 N–H and O–H groups in total. The molecule has 4 atom stereocenters. The molecule has 2 heterocycles. The molecule has 0 bridgehead atoms. The van der Waals surface area contributed by atoms with Gasteiger partial charge in [0.05, 0.1) is 24.8 Å². The Kier molecular flexibility index (Phi) is 5.31. The molecule has 32 heavy (non-hydrogen) atoms. The van der Waals surface area contributed by atoms with Gasteiger partial charge >= 0.3 is 0 Å². The van der Waals surface area contributed by atoms with Crippen LogP contribution in [0.15, 0.2) is 36.4 Å². The van der Waals surface area contributed by atoms with Crippen LogP contribution in [0.4, 0.5) is 0 Å². The van der Waals surface area contributed by atoms with E-state index in [1.54, 1.807) is 38.5 Å². The van der Waals surface area contributed by atoms with Crippen LogP contribution in [0.25, 0.3) is 0 Å².